The van der Waals surface area contributed by atoms with Gasteiger partial charge in [0, 0.05) is 0 Å². The van der Waals surface area contributed by atoms with Crippen molar-refractivity contribution in [3.05, 3.63) is 35.9 Å². The maximum absolute atomic E-state index is 11.7. The van der Waals surface area contributed by atoms with E-state index in [9.17, 15) is 4.79 Å². The van der Waals surface area contributed by atoms with Crippen LogP contribution >= 0.6 is 0 Å². The summed E-state index contributed by atoms with van der Waals surface area (Å²) in [5, 5.41) is 0. The molecule has 94 valence electrons. The first kappa shape index (κ1) is 13.7. The molecule has 0 fully saturated rings. The van der Waals surface area contributed by atoms with E-state index in [0.717, 1.165) is 5.56 Å². The standard InChI is InChI=1S/C13H20N2O2/c1-13(2,3)17-12(16)11(15)10(14)9-7-5-4-6-8-9/h4-8,10-11H,14-15H2,1-3H3. The quantitative estimate of drug-likeness (QED) is 0.777. The topological polar surface area (TPSA) is 78.3 Å². The highest BCUT2D eigenvalue weighted by Gasteiger charge is 2.27. The Labute approximate surface area is 102 Å². The van der Waals surface area contributed by atoms with Crippen molar-refractivity contribution in [2.75, 3.05) is 0 Å². The molecule has 1 aromatic carbocycles. The van der Waals surface area contributed by atoms with Crippen LogP contribution in [0.4, 0.5) is 0 Å². The molecule has 1 aromatic rings. The second kappa shape index (κ2) is 5.29. The highest BCUT2D eigenvalue weighted by molar-refractivity contribution is 5.77. The van der Waals surface area contributed by atoms with Crippen LogP contribution in [-0.2, 0) is 9.53 Å². The number of carbonyl (C=O) groups excluding carboxylic acids is 1. The largest absolute Gasteiger partial charge is 0.459 e. The van der Waals surface area contributed by atoms with E-state index in [1.165, 1.54) is 0 Å². The lowest BCUT2D eigenvalue weighted by atomic mass is 10.0. The van der Waals surface area contributed by atoms with Gasteiger partial charge in [0.15, 0.2) is 0 Å². The molecular formula is C13H20N2O2. The Kier molecular flexibility index (Phi) is 4.26. The van der Waals surface area contributed by atoms with Crippen molar-refractivity contribution in [2.24, 2.45) is 11.5 Å². The van der Waals surface area contributed by atoms with E-state index in [-0.39, 0.29) is 0 Å². The van der Waals surface area contributed by atoms with Crippen molar-refractivity contribution in [1.82, 2.24) is 0 Å². The molecule has 0 bridgehead atoms. The first-order valence-electron chi connectivity index (χ1n) is 5.60. The van der Waals surface area contributed by atoms with Gasteiger partial charge in [-0.3, -0.25) is 4.79 Å². The Balaban J connectivity index is 2.70. The van der Waals surface area contributed by atoms with Gasteiger partial charge in [0.05, 0.1) is 6.04 Å². The molecule has 17 heavy (non-hydrogen) atoms. The fraction of sp³-hybridized carbons (Fsp3) is 0.462. The first-order valence-corrected chi connectivity index (χ1v) is 5.60. The summed E-state index contributed by atoms with van der Waals surface area (Å²) in [6.45, 7) is 5.39. The van der Waals surface area contributed by atoms with E-state index in [1.54, 1.807) is 20.8 Å². The summed E-state index contributed by atoms with van der Waals surface area (Å²) in [4.78, 5) is 11.7. The molecule has 0 aliphatic rings. The molecular weight excluding hydrogens is 216 g/mol. The Morgan fingerprint density at radius 3 is 2.18 bits per heavy atom. The third-order valence-electron chi connectivity index (χ3n) is 2.25. The van der Waals surface area contributed by atoms with Crippen LogP contribution in [0.2, 0.25) is 0 Å². The minimum Gasteiger partial charge on any atom is -0.459 e. The molecule has 0 spiro atoms. The lowest BCUT2D eigenvalue weighted by Crippen LogP contribution is -2.44. The van der Waals surface area contributed by atoms with E-state index in [4.69, 9.17) is 16.2 Å². The zero-order valence-electron chi connectivity index (χ0n) is 10.5. The predicted molar refractivity (Wildman–Crippen MR) is 67.2 cm³/mol. The summed E-state index contributed by atoms with van der Waals surface area (Å²) >= 11 is 0. The maximum Gasteiger partial charge on any atom is 0.325 e. The molecule has 4 nitrogen and oxygen atoms in total. The third kappa shape index (κ3) is 4.17. The molecule has 0 aliphatic carbocycles. The van der Waals surface area contributed by atoms with E-state index in [1.807, 2.05) is 30.3 Å². The highest BCUT2D eigenvalue weighted by atomic mass is 16.6. The van der Waals surface area contributed by atoms with Crippen molar-refractivity contribution in [3.63, 3.8) is 0 Å². The average Bonchev–Trinajstić information content (AvgIpc) is 2.26. The molecule has 2 unspecified atom stereocenters. The van der Waals surface area contributed by atoms with Gasteiger partial charge < -0.3 is 16.2 Å². The van der Waals surface area contributed by atoms with Crippen molar-refractivity contribution in [1.29, 1.82) is 0 Å². The molecule has 0 amide bonds. The Bertz CT molecular complexity index is 371. The van der Waals surface area contributed by atoms with Crippen LogP contribution in [0.1, 0.15) is 32.4 Å². The van der Waals surface area contributed by atoms with E-state index in [2.05, 4.69) is 0 Å². The zero-order chi connectivity index (χ0) is 13.1. The monoisotopic (exact) mass is 236 g/mol. The summed E-state index contributed by atoms with van der Waals surface area (Å²) in [5.41, 5.74) is 12.0. The maximum atomic E-state index is 11.7. The van der Waals surface area contributed by atoms with E-state index >= 15 is 0 Å². The number of carbonyl (C=O) groups is 1. The van der Waals surface area contributed by atoms with Crippen LogP contribution in [-0.4, -0.2) is 17.6 Å². The van der Waals surface area contributed by atoms with Gasteiger partial charge in [0.2, 0.25) is 0 Å². The second-order valence-electron chi connectivity index (χ2n) is 5.00. The van der Waals surface area contributed by atoms with Crippen LogP contribution in [0, 0.1) is 0 Å². The average molecular weight is 236 g/mol. The van der Waals surface area contributed by atoms with Crippen LogP contribution < -0.4 is 11.5 Å². The zero-order valence-corrected chi connectivity index (χ0v) is 10.5. The van der Waals surface area contributed by atoms with Gasteiger partial charge in [0.1, 0.15) is 11.6 Å². The first-order chi connectivity index (χ1) is 7.81. The Hall–Kier alpha value is -1.39. The summed E-state index contributed by atoms with van der Waals surface area (Å²) in [6, 6.07) is 7.88. The summed E-state index contributed by atoms with van der Waals surface area (Å²) < 4.78 is 5.20. The van der Waals surface area contributed by atoms with Crippen LogP contribution in [0.15, 0.2) is 30.3 Å². The molecule has 0 aliphatic heterocycles. The number of rotatable bonds is 3. The SMILES string of the molecule is CC(C)(C)OC(=O)C(N)C(N)c1ccccc1. The molecule has 0 saturated carbocycles. The van der Waals surface area contributed by atoms with Crippen molar-refractivity contribution >= 4 is 5.97 Å². The lowest BCUT2D eigenvalue weighted by Gasteiger charge is -2.25. The molecule has 1 rings (SSSR count). The number of benzene rings is 1. The normalized spacial score (nSPS) is 15.1. The third-order valence-corrected chi connectivity index (χ3v) is 2.25. The fourth-order valence-electron chi connectivity index (χ4n) is 1.40. The highest BCUT2D eigenvalue weighted by Crippen LogP contribution is 2.16. The smallest absolute Gasteiger partial charge is 0.325 e. The summed E-state index contributed by atoms with van der Waals surface area (Å²) in [6.07, 6.45) is 0. The molecule has 0 heterocycles. The van der Waals surface area contributed by atoms with Crippen LogP contribution in [0.5, 0.6) is 0 Å². The van der Waals surface area contributed by atoms with Crippen LogP contribution in [0.25, 0.3) is 0 Å². The summed E-state index contributed by atoms with van der Waals surface area (Å²) in [5.74, 6) is -0.478. The molecule has 0 radical (unpaired) electrons. The van der Waals surface area contributed by atoms with Gasteiger partial charge in [0.25, 0.3) is 0 Å². The predicted octanol–water partition coefficient (Wildman–Crippen LogP) is 1.36. The minimum absolute atomic E-state index is 0.478. The van der Waals surface area contributed by atoms with Gasteiger partial charge in [-0.2, -0.15) is 0 Å². The lowest BCUT2D eigenvalue weighted by molar-refractivity contribution is -0.157. The number of hydrogen-bond acceptors (Lipinski definition) is 4. The number of ether oxygens (including phenoxy) is 1. The molecule has 4 N–H and O–H groups in total. The van der Waals surface area contributed by atoms with Gasteiger partial charge in [-0.15, -0.1) is 0 Å². The minimum atomic E-state index is -0.850. The van der Waals surface area contributed by atoms with E-state index in [0.29, 0.717) is 0 Å². The van der Waals surface area contributed by atoms with Gasteiger partial charge in [-0.25, -0.2) is 0 Å². The molecule has 2 atom stereocenters. The number of hydrogen-bond donors (Lipinski definition) is 2. The van der Waals surface area contributed by atoms with Gasteiger partial charge in [-0.05, 0) is 26.3 Å². The molecule has 0 saturated heterocycles. The van der Waals surface area contributed by atoms with Gasteiger partial charge in [-0.1, -0.05) is 30.3 Å². The Morgan fingerprint density at radius 1 is 1.18 bits per heavy atom. The van der Waals surface area contributed by atoms with Gasteiger partial charge >= 0.3 is 5.97 Å². The number of nitrogens with two attached hydrogens (primary N) is 2. The number of esters is 1. The Morgan fingerprint density at radius 2 is 1.71 bits per heavy atom. The van der Waals surface area contributed by atoms with E-state index < -0.39 is 23.7 Å². The second-order valence-corrected chi connectivity index (χ2v) is 5.00. The van der Waals surface area contributed by atoms with Crippen molar-refractivity contribution in [2.45, 2.75) is 38.5 Å². The fourth-order valence-corrected chi connectivity index (χ4v) is 1.40. The van der Waals surface area contributed by atoms with Crippen LogP contribution in [0.3, 0.4) is 0 Å². The van der Waals surface area contributed by atoms with Crippen molar-refractivity contribution < 1.29 is 9.53 Å². The van der Waals surface area contributed by atoms with Crippen molar-refractivity contribution in [3.8, 4) is 0 Å². The molecule has 4 heteroatoms. The summed E-state index contributed by atoms with van der Waals surface area (Å²) in [7, 11) is 0. The molecule has 0 aromatic heterocycles.